The molecule has 13 nitrogen and oxygen atoms in total. The molecule has 1 aliphatic heterocycles. The Morgan fingerprint density at radius 3 is 2.25 bits per heavy atom. The van der Waals surface area contributed by atoms with Crippen LogP contribution in [-0.2, 0) is 29.1 Å². The van der Waals surface area contributed by atoms with Crippen molar-refractivity contribution in [3.63, 3.8) is 0 Å². The topological polar surface area (TPSA) is 165 Å². The minimum Gasteiger partial charge on any atom is -0.453 e. The first-order valence-electron chi connectivity index (χ1n) is 18.3. The van der Waals surface area contributed by atoms with Gasteiger partial charge >= 0.3 is 12.0 Å². The number of rotatable bonds is 21. The zero-order valence-corrected chi connectivity index (χ0v) is 31.8. The maximum absolute atomic E-state index is 14.8. The Bertz CT molecular complexity index is 1800. The fraction of sp³-hybridized carbons (Fsp3) is 0.474. The van der Waals surface area contributed by atoms with Gasteiger partial charge in [-0.1, -0.05) is 43.2 Å². The van der Waals surface area contributed by atoms with E-state index in [4.69, 9.17) is 25.8 Å². The monoisotopic (exact) mass is 808 g/mol. The molecule has 1 saturated carbocycles. The van der Waals surface area contributed by atoms with E-state index in [9.17, 15) is 31.9 Å². The van der Waals surface area contributed by atoms with E-state index < -0.39 is 63.3 Å². The van der Waals surface area contributed by atoms with E-state index in [0.29, 0.717) is 56.5 Å². The van der Waals surface area contributed by atoms with Crippen LogP contribution in [0.3, 0.4) is 0 Å². The quantitative estimate of drug-likeness (QED) is 0.0828. The van der Waals surface area contributed by atoms with Crippen LogP contribution in [0.2, 0.25) is 0 Å². The molecule has 17 heteroatoms. The average Bonchev–Trinajstić information content (AvgIpc) is 3.17. The Balaban J connectivity index is 1.09. The third-order valence-corrected chi connectivity index (χ3v) is 10.8. The number of carbonyl (C=O) groups is 2. The first-order chi connectivity index (χ1) is 26.5. The summed E-state index contributed by atoms with van der Waals surface area (Å²) < 4.78 is 80.7. The van der Waals surface area contributed by atoms with Gasteiger partial charge in [-0.15, -0.1) is 11.6 Å². The number of benzene rings is 3. The molecule has 1 fully saturated rings. The number of fused-ring (bicyclic) bond motifs is 2. The SMILES string of the molecule is O=C(CNC(=O)C(F)(F)Oc1cccc(S(=O)(=O)N[C@@H]2CCCC(N3c4ccccc4Oc4ccccc43)[C@H]2O)c1)NCCOCCOCCCCCCCl. The van der Waals surface area contributed by atoms with E-state index in [0.717, 1.165) is 49.2 Å². The van der Waals surface area contributed by atoms with Crippen molar-refractivity contribution in [1.82, 2.24) is 15.4 Å². The van der Waals surface area contributed by atoms with Crippen molar-refractivity contribution in [3.05, 3.63) is 72.8 Å². The Hall–Kier alpha value is -4.06. The predicted octanol–water partition coefficient (Wildman–Crippen LogP) is 5.23. The van der Waals surface area contributed by atoms with Gasteiger partial charge in [-0.25, -0.2) is 13.1 Å². The van der Waals surface area contributed by atoms with Crippen molar-refractivity contribution in [3.8, 4) is 17.2 Å². The van der Waals surface area contributed by atoms with Gasteiger partial charge in [0.1, 0.15) is 5.75 Å². The molecule has 0 radical (unpaired) electrons. The first-order valence-corrected chi connectivity index (χ1v) is 20.3. The van der Waals surface area contributed by atoms with E-state index in [1.54, 1.807) is 0 Å². The maximum Gasteiger partial charge on any atom is 0.482 e. The number of nitrogens with zero attached hydrogens (tertiary/aromatic N) is 1. The number of hydrogen-bond donors (Lipinski definition) is 4. The minimum absolute atomic E-state index is 0.0863. The zero-order chi connectivity index (χ0) is 39.3. The molecule has 0 aromatic heterocycles. The lowest BCUT2D eigenvalue weighted by atomic mass is 9.86. The van der Waals surface area contributed by atoms with Crippen LogP contribution < -0.4 is 29.7 Å². The Labute approximate surface area is 324 Å². The number of ether oxygens (including phenoxy) is 4. The van der Waals surface area contributed by atoms with Gasteiger partial charge in [0.2, 0.25) is 15.9 Å². The van der Waals surface area contributed by atoms with Crippen molar-refractivity contribution in [2.45, 2.75) is 74.1 Å². The van der Waals surface area contributed by atoms with Crippen LogP contribution in [0.5, 0.6) is 17.2 Å². The zero-order valence-electron chi connectivity index (χ0n) is 30.3. The van der Waals surface area contributed by atoms with E-state index in [1.807, 2.05) is 58.7 Å². The third kappa shape index (κ3) is 11.7. The number of amides is 2. The summed E-state index contributed by atoms with van der Waals surface area (Å²) in [6.45, 7) is 0.818. The Morgan fingerprint density at radius 1 is 0.873 bits per heavy atom. The van der Waals surface area contributed by atoms with Crippen LogP contribution in [0.4, 0.5) is 20.2 Å². The molecular formula is C38H47ClF2N4O9S. The van der Waals surface area contributed by atoms with Crippen LogP contribution in [0.15, 0.2) is 77.7 Å². The highest BCUT2D eigenvalue weighted by atomic mass is 35.5. The van der Waals surface area contributed by atoms with Gasteiger partial charge in [0.25, 0.3) is 0 Å². The summed E-state index contributed by atoms with van der Waals surface area (Å²) in [6.07, 6.45) is -0.115. The molecule has 4 N–H and O–H groups in total. The molecule has 300 valence electrons. The van der Waals surface area contributed by atoms with Gasteiger partial charge in [0, 0.05) is 25.1 Å². The fourth-order valence-corrected chi connectivity index (χ4v) is 7.90. The highest BCUT2D eigenvalue weighted by molar-refractivity contribution is 7.89. The number of para-hydroxylation sites is 4. The summed E-state index contributed by atoms with van der Waals surface area (Å²) in [5, 5.41) is 15.9. The molecule has 0 saturated heterocycles. The number of carbonyl (C=O) groups excluding carboxylic acids is 2. The molecule has 5 rings (SSSR count). The van der Waals surface area contributed by atoms with Gasteiger partial charge < -0.3 is 39.6 Å². The van der Waals surface area contributed by atoms with E-state index >= 15 is 0 Å². The molecule has 3 atom stereocenters. The third-order valence-electron chi connectivity index (χ3n) is 9.08. The molecule has 1 heterocycles. The molecule has 3 aromatic carbocycles. The standard InChI is InChI=1S/C38H47ClF2N4O9S/c39-19-7-1-2-8-21-51-23-24-52-22-20-42-35(46)26-43-37(48)38(40,41)54-27-11-9-12-28(25-27)55(49,50)44-29-13-10-16-32(36(29)47)45-30-14-3-5-17-33(30)53-34-18-6-4-15-31(34)45/h3-6,9,11-12,14-15,17-18,25,29,32,36,44,47H,1-2,7-8,10,13,16,19-24,26H2,(H,42,46)(H,43,48)/t29-,32?,36+/m1/s1. The lowest BCUT2D eigenvalue weighted by Crippen LogP contribution is -2.56. The first kappa shape index (κ1) is 42.1. The van der Waals surface area contributed by atoms with Crippen molar-refractivity contribution < 1.29 is 50.8 Å². The molecule has 2 amide bonds. The lowest BCUT2D eigenvalue weighted by molar-refractivity contribution is -0.192. The average molecular weight is 809 g/mol. The van der Waals surface area contributed by atoms with E-state index in [-0.39, 0.29) is 13.2 Å². The summed E-state index contributed by atoms with van der Waals surface area (Å²) in [5.41, 5.74) is 1.46. The van der Waals surface area contributed by atoms with Gasteiger partial charge in [-0.3, -0.25) is 9.59 Å². The van der Waals surface area contributed by atoms with E-state index in [1.165, 1.54) is 12.1 Å². The van der Waals surface area contributed by atoms with Crippen molar-refractivity contribution in [2.24, 2.45) is 0 Å². The number of halogens is 3. The normalized spacial score (nSPS) is 18.1. The van der Waals surface area contributed by atoms with Crippen LogP contribution >= 0.6 is 11.6 Å². The molecule has 0 spiro atoms. The highest BCUT2D eigenvalue weighted by Gasteiger charge is 2.43. The predicted molar refractivity (Wildman–Crippen MR) is 202 cm³/mol. The summed E-state index contributed by atoms with van der Waals surface area (Å²) in [4.78, 5) is 25.9. The molecule has 55 heavy (non-hydrogen) atoms. The largest absolute Gasteiger partial charge is 0.482 e. The summed E-state index contributed by atoms with van der Waals surface area (Å²) >= 11 is 5.64. The van der Waals surface area contributed by atoms with Crippen LogP contribution in [0, 0.1) is 0 Å². The highest BCUT2D eigenvalue weighted by Crippen LogP contribution is 2.49. The molecular weight excluding hydrogens is 762 g/mol. The molecule has 0 bridgehead atoms. The Morgan fingerprint density at radius 2 is 1.55 bits per heavy atom. The number of aliphatic hydroxyl groups excluding tert-OH is 1. The summed E-state index contributed by atoms with van der Waals surface area (Å²) in [5.74, 6) is -1.38. The molecule has 1 unspecified atom stereocenters. The number of anilines is 2. The molecule has 3 aromatic rings. The van der Waals surface area contributed by atoms with Crippen LogP contribution in [0.25, 0.3) is 0 Å². The molecule has 2 aliphatic rings. The van der Waals surface area contributed by atoms with Gasteiger partial charge in [0.05, 0.1) is 60.8 Å². The van der Waals surface area contributed by atoms with Crippen molar-refractivity contribution in [1.29, 1.82) is 0 Å². The second-order valence-electron chi connectivity index (χ2n) is 13.1. The smallest absolute Gasteiger partial charge is 0.453 e. The lowest BCUT2D eigenvalue weighted by Gasteiger charge is -2.44. The number of sulfonamides is 1. The number of alkyl halides is 3. The Kier molecular flexibility index (Phi) is 15.5. The maximum atomic E-state index is 14.8. The minimum atomic E-state index is -4.44. The van der Waals surface area contributed by atoms with Crippen LogP contribution in [0.1, 0.15) is 44.9 Å². The van der Waals surface area contributed by atoms with Gasteiger partial charge in [-0.2, -0.15) is 8.78 Å². The van der Waals surface area contributed by atoms with E-state index in [2.05, 4.69) is 14.8 Å². The van der Waals surface area contributed by atoms with Crippen molar-refractivity contribution >= 4 is 44.8 Å². The fourth-order valence-electron chi connectivity index (χ4n) is 6.39. The number of hydrogen-bond acceptors (Lipinski definition) is 10. The number of unbranched alkanes of at least 4 members (excludes halogenated alkanes) is 3. The second kappa shape index (κ2) is 20.2. The van der Waals surface area contributed by atoms with Crippen LogP contribution in [-0.4, -0.2) is 95.0 Å². The number of aliphatic hydroxyl groups is 1. The van der Waals surface area contributed by atoms with Gasteiger partial charge in [0.15, 0.2) is 11.5 Å². The second-order valence-corrected chi connectivity index (χ2v) is 15.2. The van der Waals surface area contributed by atoms with Crippen molar-refractivity contribution in [2.75, 3.05) is 50.3 Å². The van der Waals surface area contributed by atoms with Gasteiger partial charge in [-0.05, 0) is 68.5 Å². The summed E-state index contributed by atoms with van der Waals surface area (Å²) in [6, 6.07) is 17.6. The molecule has 1 aliphatic carbocycles. The summed E-state index contributed by atoms with van der Waals surface area (Å²) in [7, 11) is -4.36. The number of nitrogens with one attached hydrogen (secondary N) is 3.